The number of carbonyl (C=O) groups is 4. The zero-order valence-electron chi connectivity index (χ0n) is 43.1. The fourth-order valence-corrected chi connectivity index (χ4v) is 13.1. The van der Waals surface area contributed by atoms with Gasteiger partial charge >= 0.3 is 0 Å². The van der Waals surface area contributed by atoms with E-state index in [2.05, 4.69) is 64.5 Å². The highest BCUT2D eigenvalue weighted by Gasteiger charge is 2.64. The summed E-state index contributed by atoms with van der Waals surface area (Å²) in [7, 11) is 0. The molecule has 1 saturated carbocycles. The molecule has 4 heterocycles. The number of nitriles is 1. The van der Waals surface area contributed by atoms with Gasteiger partial charge in [0, 0.05) is 66.6 Å². The maximum Gasteiger partial charge on any atom is 0.251 e. The van der Waals surface area contributed by atoms with Gasteiger partial charge in [-0.25, -0.2) is 4.98 Å². The summed E-state index contributed by atoms with van der Waals surface area (Å²) in [6.45, 7) is 20.6. The highest BCUT2D eigenvalue weighted by atomic mass is 35.5. The number of thiazole rings is 1. The molecular weight excluding hydrogens is 948 g/mol. The van der Waals surface area contributed by atoms with Crippen molar-refractivity contribution in [1.29, 1.82) is 5.26 Å². The molecule has 4 fully saturated rings. The Kier molecular flexibility index (Phi) is 15.6. The van der Waals surface area contributed by atoms with Gasteiger partial charge < -0.3 is 30.7 Å². The monoisotopic (exact) mass is 1020 g/mol. The molecule has 3 saturated heterocycles. The lowest BCUT2D eigenvalue weighted by molar-refractivity contribution is -0.164. The molecule has 0 spiro atoms. The number of likely N-dealkylation sites (tertiary alicyclic amines) is 2. The standard InChI is InChI=1S/C56H71ClN8O6S/c1-33(36-16-18-37(19-17-36)47-34(2)59-32-72-47)60-50(69)45-25-42(66)30-65(45)51(70)48(54(3,4)5)61-46(67)31-63-28-40-21-22-41(29-63)64(40)24-10-11-35-12-14-38(15-13-35)49(68)62-52-55(6,7)53(56(52,8)9)71-43-23-20-39(27-58)44(57)26-43/h12-20,23,26,32-33,40-42,45,48,52-53,66H,10-11,21-22,24-25,28-31H2,1-9H3,(H,60,69)(H,61,67)(H,62,68)/t33-,40?,41?,42+,45-,48+,52-,53-/m0/s1. The lowest BCUT2D eigenvalue weighted by Gasteiger charge is -2.63. The van der Waals surface area contributed by atoms with Crippen LogP contribution in [0.25, 0.3) is 10.4 Å². The van der Waals surface area contributed by atoms with Crippen LogP contribution in [0.3, 0.4) is 0 Å². The highest BCUT2D eigenvalue weighted by Crippen LogP contribution is 2.55. The molecule has 2 unspecified atom stereocenters. The summed E-state index contributed by atoms with van der Waals surface area (Å²) in [4.78, 5) is 67.2. The first-order valence-electron chi connectivity index (χ1n) is 25.4. The first kappa shape index (κ1) is 52.9. The molecule has 4 amide bonds. The number of hydrogen-bond donors (Lipinski definition) is 4. The minimum absolute atomic E-state index is 0.0143. The number of piperazine rings is 1. The number of hydrogen-bond acceptors (Lipinski definition) is 11. The van der Waals surface area contributed by atoms with Gasteiger partial charge in [-0.1, -0.05) is 96.5 Å². The Labute approximate surface area is 433 Å². The van der Waals surface area contributed by atoms with Gasteiger partial charge in [-0.05, 0) is 92.4 Å². The Morgan fingerprint density at radius 1 is 0.958 bits per heavy atom. The lowest BCUT2D eigenvalue weighted by Crippen LogP contribution is -2.74. The van der Waals surface area contributed by atoms with E-state index in [9.17, 15) is 29.5 Å². The maximum absolute atomic E-state index is 14.4. The number of nitrogens with zero attached hydrogens (tertiary/aromatic N) is 5. The van der Waals surface area contributed by atoms with Crippen LogP contribution in [0.4, 0.5) is 0 Å². The number of benzene rings is 3. The molecule has 384 valence electrons. The third-order valence-corrected chi connectivity index (χ3v) is 17.0. The third-order valence-electron chi connectivity index (χ3n) is 15.7. The molecule has 3 aliphatic heterocycles. The van der Waals surface area contributed by atoms with Crippen molar-refractivity contribution in [1.82, 2.24) is 35.6 Å². The average Bonchev–Trinajstić information content (AvgIpc) is 4.02. The number of carbonyl (C=O) groups excluding carboxylic acids is 4. The van der Waals surface area contributed by atoms with Crippen LogP contribution in [0.2, 0.25) is 5.02 Å². The van der Waals surface area contributed by atoms with Crippen LogP contribution in [0.5, 0.6) is 5.75 Å². The summed E-state index contributed by atoms with van der Waals surface area (Å²) in [6.07, 6.45) is 3.05. The Hall–Kier alpha value is -5.37. The number of rotatable bonds is 16. The van der Waals surface area contributed by atoms with Crippen molar-refractivity contribution in [2.24, 2.45) is 16.2 Å². The van der Waals surface area contributed by atoms with Crippen molar-refractivity contribution in [3.63, 3.8) is 0 Å². The minimum Gasteiger partial charge on any atom is -0.489 e. The number of amides is 4. The third kappa shape index (κ3) is 11.2. The second-order valence-electron chi connectivity index (χ2n) is 22.8. The topological polar surface area (TPSA) is 180 Å². The Morgan fingerprint density at radius 3 is 2.22 bits per heavy atom. The van der Waals surface area contributed by atoms with E-state index in [1.165, 1.54) is 10.5 Å². The van der Waals surface area contributed by atoms with Gasteiger partial charge in [-0.2, -0.15) is 5.26 Å². The zero-order valence-corrected chi connectivity index (χ0v) is 44.7. The largest absolute Gasteiger partial charge is 0.489 e. The van der Waals surface area contributed by atoms with Gasteiger partial charge in [0.25, 0.3) is 5.91 Å². The quantitative estimate of drug-likeness (QED) is 0.0869. The van der Waals surface area contributed by atoms with Gasteiger partial charge in [0.05, 0.1) is 45.4 Å². The second-order valence-corrected chi connectivity index (χ2v) is 24.1. The van der Waals surface area contributed by atoms with Crippen molar-refractivity contribution >= 4 is 46.6 Å². The smallest absolute Gasteiger partial charge is 0.251 e. The van der Waals surface area contributed by atoms with Crippen LogP contribution < -0.4 is 20.7 Å². The molecule has 8 rings (SSSR count). The predicted molar refractivity (Wildman–Crippen MR) is 280 cm³/mol. The molecular formula is C56H71ClN8O6S. The van der Waals surface area contributed by atoms with E-state index in [-0.39, 0.29) is 72.2 Å². The number of ether oxygens (including phenoxy) is 1. The van der Waals surface area contributed by atoms with Crippen molar-refractivity contribution in [3.8, 4) is 22.3 Å². The molecule has 6 atom stereocenters. The molecule has 4 aromatic rings. The normalized spacial score (nSPS) is 24.4. The number of nitrogens with one attached hydrogen (secondary N) is 3. The van der Waals surface area contributed by atoms with Gasteiger partial charge in [-0.3, -0.25) is 29.0 Å². The van der Waals surface area contributed by atoms with Crippen molar-refractivity contribution in [2.75, 3.05) is 32.7 Å². The predicted octanol–water partition coefficient (Wildman–Crippen LogP) is 7.71. The fraction of sp³-hybridized carbons (Fsp3) is 0.536. The molecule has 14 nitrogen and oxygen atoms in total. The van der Waals surface area contributed by atoms with Crippen molar-refractivity contribution in [3.05, 3.63) is 105 Å². The zero-order chi connectivity index (χ0) is 51.9. The summed E-state index contributed by atoms with van der Waals surface area (Å²) in [5, 5.41) is 29.8. The van der Waals surface area contributed by atoms with Gasteiger partial charge in [0.1, 0.15) is 30.0 Å². The summed E-state index contributed by atoms with van der Waals surface area (Å²) >= 11 is 7.86. The van der Waals surface area contributed by atoms with E-state index in [0.29, 0.717) is 34.0 Å². The van der Waals surface area contributed by atoms with Gasteiger partial charge in [-0.15, -0.1) is 11.3 Å². The minimum atomic E-state index is -0.898. The molecule has 1 aromatic heterocycles. The maximum atomic E-state index is 14.4. The highest BCUT2D eigenvalue weighted by molar-refractivity contribution is 7.13. The van der Waals surface area contributed by atoms with Crippen LogP contribution in [-0.2, 0) is 20.8 Å². The number of halogens is 1. The summed E-state index contributed by atoms with van der Waals surface area (Å²) in [5.41, 5.74) is 5.56. The molecule has 1 aliphatic carbocycles. The summed E-state index contributed by atoms with van der Waals surface area (Å²) < 4.78 is 6.40. The molecule has 4 N–H and O–H groups in total. The molecule has 4 aliphatic rings. The molecule has 0 radical (unpaired) electrons. The number of aliphatic hydroxyl groups is 1. The first-order chi connectivity index (χ1) is 34.0. The van der Waals surface area contributed by atoms with E-state index in [1.54, 1.807) is 29.5 Å². The van der Waals surface area contributed by atoms with Gasteiger partial charge in [0.15, 0.2) is 0 Å². The van der Waals surface area contributed by atoms with E-state index >= 15 is 0 Å². The molecule has 3 aromatic carbocycles. The number of β-amino-alcohol motifs (C(OH)–C–C–N with tert-alkyl or cyclic N) is 1. The number of aromatic nitrogens is 1. The first-order valence-corrected chi connectivity index (χ1v) is 26.6. The van der Waals surface area contributed by atoms with Gasteiger partial charge in [0.2, 0.25) is 17.7 Å². The SMILES string of the molecule is Cc1ncsc1-c1ccc([C@H](C)NC(=O)[C@@H]2C[C@@H](O)CN2C(=O)[C@@H](NC(=O)CN2CC3CCC(C2)N3CCCc2ccc(C(=O)N[C@H]3C(C)(C)[C@H](Oc4ccc(C#N)c(Cl)c4)C3(C)C)cc2)C(C)(C)C)cc1. The fourth-order valence-electron chi connectivity index (χ4n) is 12.1. The van der Waals surface area contributed by atoms with E-state index in [4.69, 9.17) is 16.3 Å². The Morgan fingerprint density at radius 2 is 1.62 bits per heavy atom. The number of aliphatic hydroxyl groups excluding tert-OH is 1. The van der Waals surface area contributed by atoms with Crippen LogP contribution in [0, 0.1) is 34.5 Å². The van der Waals surface area contributed by atoms with Crippen LogP contribution in [-0.4, -0.2) is 124 Å². The van der Waals surface area contributed by atoms with E-state index in [0.717, 1.165) is 67.0 Å². The van der Waals surface area contributed by atoms with Crippen LogP contribution in [0.1, 0.15) is 120 Å². The van der Waals surface area contributed by atoms with E-state index in [1.807, 2.05) is 88.7 Å². The number of aryl methyl sites for hydroxylation is 2. The van der Waals surface area contributed by atoms with Crippen molar-refractivity contribution in [2.45, 2.75) is 143 Å². The van der Waals surface area contributed by atoms with Crippen LogP contribution in [0.15, 0.2) is 72.2 Å². The summed E-state index contributed by atoms with van der Waals surface area (Å²) in [5.74, 6) is -0.476. The number of fused-ring (bicyclic) bond motifs is 2. The molecule has 16 heteroatoms. The van der Waals surface area contributed by atoms with E-state index < -0.39 is 23.6 Å². The van der Waals surface area contributed by atoms with Crippen LogP contribution >= 0.6 is 22.9 Å². The molecule has 2 bridgehead atoms. The Balaban J connectivity index is 0.789. The average molecular weight is 1020 g/mol. The molecule has 72 heavy (non-hydrogen) atoms. The Bertz CT molecular complexity index is 2650. The second kappa shape index (κ2) is 21.2. The van der Waals surface area contributed by atoms with Crippen molar-refractivity contribution < 1.29 is 29.0 Å². The lowest BCUT2D eigenvalue weighted by atomic mass is 9.49. The summed E-state index contributed by atoms with van der Waals surface area (Å²) in [6, 6.07) is 21.5.